The number of methoxy groups -OCH3 is 2. The first-order chi connectivity index (χ1) is 12.9. The molecule has 2 atom stereocenters. The van der Waals surface area contributed by atoms with Crippen molar-refractivity contribution in [1.82, 2.24) is 20.0 Å². The van der Waals surface area contributed by atoms with Gasteiger partial charge in [0.25, 0.3) is 0 Å². The number of nitrogens with zero attached hydrogens (tertiary/aromatic N) is 3. The van der Waals surface area contributed by atoms with Crippen LogP contribution in [0.4, 0.5) is 0 Å². The number of hydrogen-bond donors (Lipinski definition) is 1. The van der Waals surface area contributed by atoms with Gasteiger partial charge in [0.2, 0.25) is 5.91 Å². The lowest BCUT2D eigenvalue weighted by molar-refractivity contribution is -0.134. The summed E-state index contributed by atoms with van der Waals surface area (Å²) in [5, 5.41) is 7.61. The molecule has 27 heavy (non-hydrogen) atoms. The van der Waals surface area contributed by atoms with Gasteiger partial charge in [-0.25, -0.2) is 0 Å². The lowest BCUT2D eigenvalue weighted by Gasteiger charge is -2.25. The number of hydrogen-bond acceptors (Lipinski definition) is 5. The summed E-state index contributed by atoms with van der Waals surface area (Å²) in [6.07, 6.45) is 3.85. The van der Waals surface area contributed by atoms with Gasteiger partial charge >= 0.3 is 0 Å². The maximum atomic E-state index is 13.1. The van der Waals surface area contributed by atoms with Crippen molar-refractivity contribution < 1.29 is 14.3 Å². The number of nitrogens with one attached hydrogen (secondary N) is 1. The summed E-state index contributed by atoms with van der Waals surface area (Å²) >= 11 is 0. The molecule has 1 aromatic heterocycles. The molecule has 7 nitrogen and oxygen atoms in total. The van der Waals surface area contributed by atoms with E-state index in [0.717, 1.165) is 23.2 Å². The first kappa shape index (κ1) is 19.2. The molecule has 1 aliphatic heterocycles. The van der Waals surface area contributed by atoms with Crippen molar-refractivity contribution >= 4 is 5.91 Å². The molecule has 1 amide bonds. The molecule has 3 rings (SSSR count). The largest absolute Gasteiger partial charge is 0.493 e. The van der Waals surface area contributed by atoms with Gasteiger partial charge < -0.3 is 19.7 Å². The zero-order chi connectivity index (χ0) is 19.6. The Morgan fingerprint density at radius 2 is 2.00 bits per heavy atom. The number of rotatable bonds is 6. The van der Waals surface area contributed by atoms with Crippen molar-refractivity contribution in [2.75, 3.05) is 34.4 Å². The Balaban J connectivity index is 1.76. The zero-order valence-corrected chi connectivity index (χ0v) is 16.7. The van der Waals surface area contributed by atoms with E-state index < -0.39 is 0 Å². The van der Waals surface area contributed by atoms with Gasteiger partial charge in [0, 0.05) is 45.8 Å². The summed E-state index contributed by atoms with van der Waals surface area (Å²) in [5.74, 6) is 1.59. The van der Waals surface area contributed by atoms with Crippen LogP contribution in [0.15, 0.2) is 24.5 Å². The van der Waals surface area contributed by atoms with Crippen molar-refractivity contribution in [3.63, 3.8) is 0 Å². The summed E-state index contributed by atoms with van der Waals surface area (Å²) in [6.45, 7) is 4.03. The van der Waals surface area contributed by atoms with Crippen LogP contribution in [-0.2, 0) is 18.4 Å². The highest BCUT2D eigenvalue weighted by atomic mass is 16.5. The lowest BCUT2D eigenvalue weighted by atomic mass is 9.89. The Bertz CT molecular complexity index is 818. The van der Waals surface area contributed by atoms with Crippen LogP contribution in [0.25, 0.3) is 0 Å². The standard InChI is InChI=1S/C20H28N4O3/c1-13-6-18(26-4)19(27-5)7-14(13)11-23(2)20(25)17-10-21-9-16(17)15-8-22-24(3)12-15/h6-8,12,16-17,21H,9-11H2,1-5H3/t16-,17+/m1/s1. The zero-order valence-electron chi connectivity index (χ0n) is 16.7. The van der Waals surface area contributed by atoms with Gasteiger partial charge in [-0.2, -0.15) is 5.10 Å². The number of ether oxygens (including phenoxy) is 2. The van der Waals surface area contributed by atoms with Gasteiger partial charge in [0.05, 0.1) is 26.3 Å². The molecule has 7 heteroatoms. The molecule has 0 bridgehead atoms. The molecule has 0 unspecified atom stereocenters. The fourth-order valence-corrected chi connectivity index (χ4v) is 3.73. The van der Waals surface area contributed by atoms with E-state index in [0.29, 0.717) is 24.6 Å². The molecule has 1 fully saturated rings. The fraction of sp³-hybridized carbons (Fsp3) is 0.500. The first-order valence-electron chi connectivity index (χ1n) is 9.10. The van der Waals surface area contributed by atoms with Crippen molar-refractivity contribution in [3.05, 3.63) is 41.2 Å². The van der Waals surface area contributed by atoms with Crippen molar-refractivity contribution in [2.45, 2.75) is 19.4 Å². The van der Waals surface area contributed by atoms with Crippen LogP contribution in [-0.4, -0.2) is 54.9 Å². The summed E-state index contributed by atoms with van der Waals surface area (Å²) in [5.41, 5.74) is 3.23. The highest BCUT2D eigenvalue weighted by molar-refractivity contribution is 5.80. The summed E-state index contributed by atoms with van der Waals surface area (Å²) in [7, 11) is 7.00. The van der Waals surface area contributed by atoms with Gasteiger partial charge in [-0.3, -0.25) is 9.48 Å². The van der Waals surface area contributed by atoms with Gasteiger partial charge in [0.15, 0.2) is 11.5 Å². The second kappa shape index (κ2) is 8.00. The topological polar surface area (TPSA) is 68.6 Å². The molecule has 1 aliphatic rings. The molecule has 146 valence electrons. The Labute approximate surface area is 160 Å². The SMILES string of the molecule is COc1cc(C)c(CN(C)C(=O)[C@H]2CNC[C@@H]2c2cnn(C)c2)cc1OC. The minimum atomic E-state index is -0.0837. The summed E-state index contributed by atoms with van der Waals surface area (Å²) in [4.78, 5) is 14.9. The van der Waals surface area contributed by atoms with Gasteiger partial charge in [-0.1, -0.05) is 0 Å². The van der Waals surface area contributed by atoms with Crippen LogP contribution >= 0.6 is 0 Å². The number of carbonyl (C=O) groups excluding carboxylic acids is 1. The molecule has 0 spiro atoms. The van der Waals surface area contributed by atoms with E-state index in [1.807, 2.05) is 45.5 Å². The predicted octanol–water partition coefficient (Wildman–Crippen LogP) is 1.71. The number of aryl methyl sites for hydroxylation is 2. The molecule has 0 radical (unpaired) electrons. The van der Waals surface area contributed by atoms with Crippen molar-refractivity contribution in [3.8, 4) is 11.5 Å². The second-order valence-electron chi connectivity index (χ2n) is 7.15. The van der Waals surface area contributed by atoms with Crippen LogP contribution < -0.4 is 14.8 Å². The Morgan fingerprint density at radius 3 is 2.63 bits per heavy atom. The van der Waals surface area contributed by atoms with Crippen LogP contribution in [0.5, 0.6) is 11.5 Å². The third kappa shape index (κ3) is 3.93. The van der Waals surface area contributed by atoms with E-state index >= 15 is 0 Å². The molecule has 1 aromatic carbocycles. The monoisotopic (exact) mass is 372 g/mol. The molecular formula is C20H28N4O3. The van der Waals surface area contributed by atoms with E-state index in [1.165, 1.54) is 0 Å². The Kier molecular flexibility index (Phi) is 5.70. The second-order valence-corrected chi connectivity index (χ2v) is 7.15. The quantitative estimate of drug-likeness (QED) is 0.836. The number of aromatic nitrogens is 2. The van der Waals surface area contributed by atoms with E-state index in [9.17, 15) is 4.79 Å². The number of carbonyl (C=O) groups is 1. The third-order valence-electron chi connectivity index (χ3n) is 5.31. The fourth-order valence-electron chi connectivity index (χ4n) is 3.73. The summed E-state index contributed by atoms with van der Waals surface area (Å²) in [6, 6.07) is 3.89. The average Bonchev–Trinajstić information content (AvgIpc) is 3.30. The van der Waals surface area contributed by atoms with Gasteiger partial charge in [-0.05, 0) is 35.7 Å². The maximum absolute atomic E-state index is 13.1. The van der Waals surface area contributed by atoms with Gasteiger partial charge in [0.1, 0.15) is 0 Å². The minimum Gasteiger partial charge on any atom is -0.493 e. The smallest absolute Gasteiger partial charge is 0.227 e. The highest BCUT2D eigenvalue weighted by Gasteiger charge is 2.36. The van der Waals surface area contributed by atoms with Crippen LogP contribution in [0.1, 0.15) is 22.6 Å². The molecule has 0 saturated carbocycles. The first-order valence-corrected chi connectivity index (χ1v) is 9.10. The molecular weight excluding hydrogens is 344 g/mol. The average molecular weight is 372 g/mol. The lowest BCUT2D eigenvalue weighted by Crippen LogP contribution is -2.35. The number of amides is 1. The number of benzene rings is 1. The molecule has 0 aliphatic carbocycles. The van der Waals surface area contributed by atoms with E-state index in [2.05, 4.69) is 10.4 Å². The molecule has 1 saturated heterocycles. The van der Waals surface area contributed by atoms with E-state index in [-0.39, 0.29) is 17.7 Å². The molecule has 2 heterocycles. The minimum absolute atomic E-state index is 0.0837. The highest BCUT2D eigenvalue weighted by Crippen LogP contribution is 2.32. The predicted molar refractivity (Wildman–Crippen MR) is 103 cm³/mol. The van der Waals surface area contributed by atoms with Gasteiger partial charge in [-0.15, -0.1) is 0 Å². The van der Waals surface area contributed by atoms with Crippen molar-refractivity contribution in [2.24, 2.45) is 13.0 Å². The van der Waals surface area contributed by atoms with E-state index in [1.54, 1.807) is 23.8 Å². The van der Waals surface area contributed by atoms with Crippen LogP contribution in [0.3, 0.4) is 0 Å². The van der Waals surface area contributed by atoms with Crippen molar-refractivity contribution in [1.29, 1.82) is 0 Å². The normalized spacial score (nSPS) is 19.1. The molecule has 2 aromatic rings. The summed E-state index contributed by atoms with van der Waals surface area (Å²) < 4.78 is 12.5. The molecule has 1 N–H and O–H groups in total. The Hall–Kier alpha value is -2.54. The van der Waals surface area contributed by atoms with E-state index in [4.69, 9.17) is 9.47 Å². The third-order valence-corrected chi connectivity index (χ3v) is 5.31. The Morgan fingerprint density at radius 1 is 1.30 bits per heavy atom. The maximum Gasteiger partial charge on any atom is 0.227 e. The van der Waals surface area contributed by atoms with Crippen LogP contribution in [0.2, 0.25) is 0 Å². The van der Waals surface area contributed by atoms with Crippen LogP contribution in [0, 0.1) is 12.8 Å².